The summed E-state index contributed by atoms with van der Waals surface area (Å²) in [5.74, 6) is 4.77. The molecule has 110 valence electrons. The van der Waals surface area contributed by atoms with E-state index >= 15 is 0 Å². The van der Waals surface area contributed by atoms with Crippen molar-refractivity contribution in [3.8, 4) is 0 Å². The number of hydrogen-bond donors (Lipinski definition) is 3. The van der Waals surface area contributed by atoms with Crippen molar-refractivity contribution in [1.29, 1.82) is 0 Å². The largest absolute Gasteiger partial charge is 0.351 e. The van der Waals surface area contributed by atoms with Gasteiger partial charge in [0, 0.05) is 18.3 Å². The summed E-state index contributed by atoms with van der Waals surface area (Å²) in [5.41, 5.74) is 3.66. The predicted molar refractivity (Wildman–Crippen MR) is 81.3 cm³/mol. The highest BCUT2D eigenvalue weighted by Gasteiger charge is 2.20. The molecule has 1 aromatic carbocycles. The number of hydrazine groups is 1. The van der Waals surface area contributed by atoms with Gasteiger partial charge in [-0.15, -0.1) is 0 Å². The number of nitrogen functional groups attached to an aromatic ring is 1. The number of thiophene rings is 1. The molecular formula is C13H14N4O3S. The fourth-order valence-electron chi connectivity index (χ4n) is 1.82. The molecule has 0 aliphatic heterocycles. The number of amides is 1. The predicted octanol–water partition coefficient (Wildman–Crippen LogP) is 1.91. The minimum atomic E-state index is -0.589. The molecule has 1 heterocycles. The number of nitrogens with one attached hydrogen (secondary N) is 2. The van der Waals surface area contributed by atoms with Gasteiger partial charge in [-0.3, -0.25) is 20.8 Å². The first kappa shape index (κ1) is 14.9. The van der Waals surface area contributed by atoms with Crippen LogP contribution in [0.15, 0.2) is 35.0 Å². The molecule has 0 atom stereocenters. The average Bonchev–Trinajstić information content (AvgIpc) is 2.99. The lowest BCUT2D eigenvalue weighted by Gasteiger charge is -2.07. The molecule has 1 amide bonds. The van der Waals surface area contributed by atoms with Crippen LogP contribution in [-0.4, -0.2) is 17.4 Å². The number of carbonyl (C=O) groups excluding carboxylic acids is 1. The van der Waals surface area contributed by atoms with E-state index in [1.54, 1.807) is 11.3 Å². The molecule has 0 aliphatic rings. The van der Waals surface area contributed by atoms with E-state index in [0.29, 0.717) is 18.7 Å². The Morgan fingerprint density at radius 1 is 1.38 bits per heavy atom. The van der Waals surface area contributed by atoms with Crippen LogP contribution in [0.25, 0.3) is 0 Å². The number of nitro groups is 1. The molecule has 1 aromatic heterocycles. The molecule has 0 aliphatic carbocycles. The summed E-state index contributed by atoms with van der Waals surface area (Å²) in [7, 11) is 0. The van der Waals surface area contributed by atoms with E-state index in [2.05, 4.69) is 10.7 Å². The number of nitrogens with zero attached hydrogens (tertiary/aromatic N) is 1. The first-order chi connectivity index (χ1) is 10.1. The van der Waals surface area contributed by atoms with Crippen LogP contribution in [0.5, 0.6) is 0 Å². The van der Waals surface area contributed by atoms with Crippen LogP contribution in [-0.2, 0) is 6.42 Å². The van der Waals surface area contributed by atoms with Gasteiger partial charge in [-0.05, 0) is 40.9 Å². The third kappa shape index (κ3) is 3.77. The normalized spacial score (nSPS) is 10.1. The number of benzene rings is 1. The van der Waals surface area contributed by atoms with Crippen molar-refractivity contribution >= 4 is 28.6 Å². The summed E-state index contributed by atoms with van der Waals surface area (Å²) in [6.45, 7) is 0.410. The zero-order valence-corrected chi connectivity index (χ0v) is 11.9. The third-order valence-electron chi connectivity index (χ3n) is 2.88. The smallest absolute Gasteiger partial charge is 0.282 e. The standard InChI is InChI=1S/C13H14N4O3S/c14-16-10-1-2-12(17(19)20)11(7-10)13(18)15-5-3-9-4-6-21-8-9/h1-2,4,6-8,16H,3,5,14H2,(H,15,18). The number of anilines is 1. The summed E-state index contributed by atoms with van der Waals surface area (Å²) in [4.78, 5) is 22.5. The minimum Gasteiger partial charge on any atom is -0.351 e. The zero-order valence-electron chi connectivity index (χ0n) is 11.0. The molecule has 0 saturated carbocycles. The molecule has 8 heteroatoms. The molecule has 2 rings (SSSR count). The van der Waals surface area contributed by atoms with Gasteiger partial charge in [-0.2, -0.15) is 11.3 Å². The molecular weight excluding hydrogens is 292 g/mol. The second kappa shape index (κ2) is 6.82. The summed E-state index contributed by atoms with van der Waals surface area (Å²) in [5, 5.41) is 17.6. The summed E-state index contributed by atoms with van der Waals surface area (Å²) < 4.78 is 0. The Bertz CT molecular complexity index is 643. The molecule has 0 fully saturated rings. The Morgan fingerprint density at radius 2 is 2.19 bits per heavy atom. The van der Waals surface area contributed by atoms with Crippen LogP contribution in [0.1, 0.15) is 15.9 Å². The molecule has 0 saturated heterocycles. The van der Waals surface area contributed by atoms with E-state index in [1.165, 1.54) is 18.2 Å². The van der Waals surface area contributed by atoms with Crippen LogP contribution in [0, 0.1) is 10.1 Å². The first-order valence-electron chi connectivity index (χ1n) is 6.16. The highest BCUT2D eigenvalue weighted by molar-refractivity contribution is 7.07. The molecule has 4 N–H and O–H groups in total. The Morgan fingerprint density at radius 3 is 2.81 bits per heavy atom. The number of nitrogens with two attached hydrogens (primary N) is 1. The number of carbonyl (C=O) groups is 1. The van der Waals surface area contributed by atoms with Crippen LogP contribution in [0.2, 0.25) is 0 Å². The summed E-state index contributed by atoms with van der Waals surface area (Å²) in [6.07, 6.45) is 0.678. The van der Waals surface area contributed by atoms with Gasteiger partial charge in [0.2, 0.25) is 0 Å². The maximum Gasteiger partial charge on any atom is 0.282 e. The fourth-order valence-corrected chi connectivity index (χ4v) is 2.52. The minimum absolute atomic E-state index is 0.0132. The van der Waals surface area contributed by atoms with Gasteiger partial charge in [0.1, 0.15) is 5.56 Å². The Kier molecular flexibility index (Phi) is 4.85. The maximum atomic E-state index is 12.1. The maximum absolute atomic E-state index is 12.1. The van der Waals surface area contributed by atoms with Crippen LogP contribution >= 0.6 is 11.3 Å². The van der Waals surface area contributed by atoms with Gasteiger partial charge >= 0.3 is 0 Å². The monoisotopic (exact) mass is 306 g/mol. The molecule has 0 bridgehead atoms. The summed E-state index contributed by atoms with van der Waals surface area (Å²) >= 11 is 1.58. The Balaban J connectivity index is 2.08. The molecule has 0 unspecified atom stereocenters. The van der Waals surface area contributed by atoms with Gasteiger partial charge in [-0.1, -0.05) is 0 Å². The quantitative estimate of drug-likeness (QED) is 0.429. The van der Waals surface area contributed by atoms with Gasteiger partial charge in [0.05, 0.1) is 4.92 Å². The van der Waals surface area contributed by atoms with E-state index in [0.717, 1.165) is 5.56 Å². The van der Waals surface area contributed by atoms with Crippen molar-refractivity contribution in [2.45, 2.75) is 6.42 Å². The van der Waals surface area contributed by atoms with Gasteiger partial charge < -0.3 is 10.7 Å². The van der Waals surface area contributed by atoms with Crippen molar-refractivity contribution in [2.75, 3.05) is 12.0 Å². The molecule has 0 spiro atoms. The van der Waals surface area contributed by atoms with Gasteiger partial charge in [0.25, 0.3) is 11.6 Å². The highest BCUT2D eigenvalue weighted by Crippen LogP contribution is 2.22. The Labute approximate surface area is 124 Å². The second-order valence-electron chi connectivity index (χ2n) is 4.27. The zero-order chi connectivity index (χ0) is 15.2. The van der Waals surface area contributed by atoms with Gasteiger partial charge in [0.15, 0.2) is 0 Å². The van der Waals surface area contributed by atoms with E-state index in [1.807, 2.05) is 16.8 Å². The first-order valence-corrected chi connectivity index (χ1v) is 7.10. The van der Waals surface area contributed by atoms with Crippen LogP contribution in [0.4, 0.5) is 11.4 Å². The van der Waals surface area contributed by atoms with Crippen molar-refractivity contribution in [2.24, 2.45) is 5.84 Å². The number of hydrogen-bond acceptors (Lipinski definition) is 6. The molecule has 2 aromatic rings. The lowest BCUT2D eigenvalue weighted by Crippen LogP contribution is -2.26. The van der Waals surface area contributed by atoms with E-state index in [4.69, 9.17) is 5.84 Å². The molecule has 7 nitrogen and oxygen atoms in total. The van der Waals surface area contributed by atoms with Crippen molar-refractivity contribution in [3.05, 3.63) is 56.3 Å². The van der Waals surface area contributed by atoms with E-state index in [9.17, 15) is 14.9 Å². The lowest BCUT2D eigenvalue weighted by molar-refractivity contribution is -0.385. The van der Waals surface area contributed by atoms with Crippen molar-refractivity contribution in [3.63, 3.8) is 0 Å². The van der Waals surface area contributed by atoms with Gasteiger partial charge in [-0.25, -0.2) is 0 Å². The van der Waals surface area contributed by atoms with Crippen LogP contribution < -0.4 is 16.6 Å². The number of rotatable bonds is 6. The van der Waals surface area contributed by atoms with E-state index < -0.39 is 10.8 Å². The topological polar surface area (TPSA) is 110 Å². The van der Waals surface area contributed by atoms with Crippen molar-refractivity contribution < 1.29 is 9.72 Å². The Hall–Kier alpha value is -2.45. The fraction of sp³-hybridized carbons (Fsp3) is 0.154. The molecule has 21 heavy (non-hydrogen) atoms. The highest BCUT2D eigenvalue weighted by atomic mass is 32.1. The summed E-state index contributed by atoms with van der Waals surface area (Å²) in [6, 6.07) is 6.03. The molecule has 0 radical (unpaired) electrons. The SMILES string of the molecule is NNc1ccc([N+](=O)[O-])c(C(=O)NCCc2ccsc2)c1. The van der Waals surface area contributed by atoms with E-state index in [-0.39, 0.29) is 11.3 Å². The lowest BCUT2D eigenvalue weighted by atomic mass is 10.1. The number of nitro benzene ring substituents is 1. The third-order valence-corrected chi connectivity index (χ3v) is 3.62. The van der Waals surface area contributed by atoms with Crippen LogP contribution in [0.3, 0.4) is 0 Å². The van der Waals surface area contributed by atoms with Crippen molar-refractivity contribution in [1.82, 2.24) is 5.32 Å². The average molecular weight is 306 g/mol. The second-order valence-corrected chi connectivity index (χ2v) is 5.05.